The second-order valence-corrected chi connectivity index (χ2v) is 7.38. The van der Waals surface area contributed by atoms with Gasteiger partial charge in [0.2, 0.25) is 0 Å². The van der Waals surface area contributed by atoms with E-state index in [-0.39, 0.29) is 11.4 Å². The Kier molecular flexibility index (Phi) is 4.77. The molecule has 0 amide bonds. The van der Waals surface area contributed by atoms with E-state index in [1.165, 1.54) is 24.5 Å². The van der Waals surface area contributed by atoms with E-state index in [4.69, 9.17) is 22.1 Å². The summed E-state index contributed by atoms with van der Waals surface area (Å²) in [5.74, 6) is 0.360. The SMILES string of the molecule is COc1cc(Cl)c(C)cc1NS(=O)(=O)c1ccsc1CN. The summed E-state index contributed by atoms with van der Waals surface area (Å²) in [6.07, 6.45) is 0. The van der Waals surface area contributed by atoms with Crippen molar-refractivity contribution >= 4 is 38.6 Å². The first-order valence-electron chi connectivity index (χ1n) is 6.02. The van der Waals surface area contributed by atoms with Gasteiger partial charge in [-0.3, -0.25) is 4.72 Å². The molecular formula is C13H15ClN2O3S2. The Morgan fingerprint density at radius 2 is 2.14 bits per heavy atom. The zero-order chi connectivity index (χ0) is 15.6. The van der Waals surface area contributed by atoms with E-state index in [0.717, 1.165) is 5.56 Å². The van der Waals surface area contributed by atoms with Crippen molar-refractivity contribution in [1.82, 2.24) is 0 Å². The molecule has 1 heterocycles. The molecule has 1 aromatic heterocycles. The molecule has 0 aliphatic rings. The van der Waals surface area contributed by atoms with E-state index in [2.05, 4.69) is 4.72 Å². The van der Waals surface area contributed by atoms with Crippen LogP contribution in [0.5, 0.6) is 5.75 Å². The zero-order valence-electron chi connectivity index (χ0n) is 11.5. The van der Waals surface area contributed by atoms with Gasteiger partial charge in [0.25, 0.3) is 10.0 Å². The Balaban J connectivity index is 2.44. The molecule has 0 unspecified atom stereocenters. The molecule has 0 aliphatic carbocycles. The van der Waals surface area contributed by atoms with Crippen LogP contribution in [0.15, 0.2) is 28.5 Å². The molecule has 0 radical (unpaired) electrons. The maximum atomic E-state index is 12.5. The fourth-order valence-electron chi connectivity index (χ4n) is 1.83. The predicted molar refractivity (Wildman–Crippen MR) is 85.8 cm³/mol. The van der Waals surface area contributed by atoms with E-state index in [1.807, 2.05) is 0 Å². The minimum Gasteiger partial charge on any atom is -0.495 e. The third kappa shape index (κ3) is 3.32. The summed E-state index contributed by atoms with van der Waals surface area (Å²) in [6, 6.07) is 4.74. The summed E-state index contributed by atoms with van der Waals surface area (Å²) in [4.78, 5) is 0.789. The highest BCUT2D eigenvalue weighted by molar-refractivity contribution is 7.93. The molecule has 0 aliphatic heterocycles. The fraction of sp³-hybridized carbons (Fsp3) is 0.231. The van der Waals surface area contributed by atoms with Gasteiger partial charge in [0.05, 0.1) is 12.8 Å². The van der Waals surface area contributed by atoms with E-state index in [9.17, 15) is 8.42 Å². The van der Waals surface area contributed by atoms with Crippen LogP contribution in [0.2, 0.25) is 5.02 Å². The van der Waals surface area contributed by atoms with E-state index >= 15 is 0 Å². The average Bonchev–Trinajstić information content (AvgIpc) is 2.91. The molecule has 8 heteroatoms. The first kappa shape index (κ1) is 16.1. The number of nitrogens with two attached hydrogens (primary N) is 1. The number of aryl methyl sites for hydroxylation is 1. The van der Waals surface area contributed by atoms with Gasteiger partial charge < -0.3 is 10.5 Å². The first-order chi connectivity index (χ1) is 9.89. The lowest BCUT2D eigenvalue weighted by Crippen LogP contribution is -2.15. The molecule has 0 fully saturated rings. The van der Waals surface area contributed by atoms with Crippen molar-refractivity contribution in [3.05, 3.63) is 39.0 Å². The first-order valence-corrected chi connectivity index (χ1v) is 8.76. The average molecular weight is 347 g/mol. The molecular weight excluding hydrogens is 332 g/mol. The van der Waals surface area contributed by atoms with Crippen LogP contribution in [0.1, 0.15) is 10.4 Å². The maximum Gasteiger partial charge on any atom is 0.263 e. The summed E-state index contributed by atoms with van der Waals surface area (Å²) in [5, 5.41) is 2.20. The summed E-state index contributed by atoms with van der Waals surface area (Å²) in [5.41, 5.74) is 6.65. The standard InChI is InChI=1S/C13H15ClN2O3S2/c1-8-5-10(11(19-2)6-9(8)14)16-21(17,18)13-3-4-20-12(13)7-15/h3-6,16H,7,15H2,1-2H3. The summed E-state index contributed by atoms with van der Waals surface area (Å²) in [7, 11) is -2.26. The van der Waals surface area contributed by atoms with E-state index in [0.29, 0.717) is 21.3 Å². The third-order valence-electron chi connectivity index (χ3n) is 2.90. The van der Waals surface area contributed by atoms with Gasteiger partial charge >= 0.3 is 0 Å². The van der Waals surface area contributed by atoms with Gasteiger partial charge in [-0.1, -0.05) is 11.6 Å². The van der Waals surface area contributed by atoms with Crippen molar-refractivity contribution in [2.75, 3.05) is 11.8 Å². The molecule has 1 aromatic carbocycles. The van der Waals surface area contributed by atoms with Crippen molar-refractivity contribution in [1.29, 1.82) is 0 Å². The van der Waals surface area contributed by atoms with Crippen LogP contribution >= 0.6 is 22.9 Å². The Morgan fingerprint density at radius 1 is 1.43 bits per heavy atom. The number of benzene rings is 1. The predicted octanol–water partition coefficient (Wildman–Crippen LogP) is 2.98. The molecule has 2 rings (SSSR count). The number of rotatable bonds is 5. The number of thiophene rings is 1. The Labute approximate surface area is 132 Å². The second kappa shape index (κ2) is 6.23. The minimum atomic E-state index is -3.72. The fourth-order valence-corrected chi connectivity index (χ4v) is 4.38. The highest BCUT2D eigenvalue weighted by Gasteiger charge is 2.21. The second-order valence-electron chi connectivity index (χ2n) is 4.32. The van der Waals surface area contributed by atoms with Crippen molar-refractivity contribution < 1.29 is 13.2 Å². The molecule has 3 N–H and O–H groups in total. The monoisotopic (exact) mass is 346 g/mol. The molecule has 0 saturated heterocycles. The number of hydrogen-bond acceptors (Lipinski definition) is 5. The van der Waals surface area contributed by atoms with E-state index < -0.39 is 10.0 Å². The zero-order valence-corrected chi connectivity index (χ0v) is 13.9. The lowest BCUT2D eigenvalue weighted by atomic mass is 10.2. The largest absolute Gasteiger partial charge is 0.495 e. The van der Waals surface area contributed by atoms with Crippen LogP contribution in [0.3, 0.4) is 0 Å². The number of halogens is 1. The van der Waals surface area contributed by atoms with Crippen molar-refractivity contribution in [2.45, 2.75) is 18.4 Å². The molecule has 21 heavy (non-hydrogen) atoms. The number of anilines is 1. The van der Waals surface area contributed by atoms with Crippen LogP contribution < -0.4 is 15.2 Å². The summed E-state index contributed by atoms with van der Waals surface area (Å²) in [6.45, 7) is 1.96. The van der Waals surface area contributed by atoms with Gasteiger partial charge in [-0.2, -0.15) is 0 Å². The number of hydrogen-bond donors (Lipinski definition) is 2. The van der Waals surface area contributed by atoms with Crippen LogP contribution in [0.25, 0.3) is 0 Å². The van der Waals surface area contributed by atoms with Gasteiger partial charge in [0, 0.05) is 22.5 Å². The summed E-state index contributed by atoms with van der Waals surface area (Å²) < 4.78 is 32.6. The van der Waals surface area contributed by atoms with Gasteiger partial charge in [0.1, 0.15) is 10.6 Å². The van der Waals surface area contributed by atoms with Crippen molar-refractivity contribution in [3.8, 4) is 5.75 Å². The lowest BCUT2D eigenvalue weighted by Gasteiger charge is -2.13. The van der Waals surface area contributed by atoms with E-state index in [1.54, 1.807) is 24.4 Å². The third-order valence-corrected chi connectivity index (χ3v) is 5.83. The van der Waals surface area contributed by atoms with Gasteiger partial charge in [-0.15, -0.1) is 11.3 Å². The molecule has 114 valence electrons. The number of nitrogens with one attached hydrogen (secondary N) is 1. The highest BCUT2D eigenvalue weighted by atomic mass is 35.5. The Hall–Kier alpha value is -1.28. The van der Waals surface area contributed by atoms with Crippen LogP contribution in [-0.2, 0) is 16.6 Å². The molecule has 0 saturated carbocycles. The van der Waals surface area contributed by atoms with Gasteiger partial charge in [-0.05, 0) is 30.0 Å². The number of sulfonamides is 1. The van der Waals surface area contributed by atoms with Crippen molar-refractivity contribution in [3.63, 3.8) is 0 Å². The van der Waals surface area contributed by atoms with Gasteiger partial charge in [-0.25, -0.2) is 8.42 Å². The lowest BCUT2D eigenvalue weighted by molar-refractivity contribution is 0.417. The molecule has 0 atom stereocenters. The Morgan fingerprint density at radius 3 is 2.76 bits per heavy atom. The molecule has 0 spiro atoms. The highest BCUT2D eigenvalue weighted by Crippen LogP contribution is 2.33. The number of ether oxygens (including phenoxy) is 1. The summed E-state index contributed by atoms with van der Waals surface area (Å²) >= 11 is 7.32. The van der Waals surface area contributed by atoms with Crippen LogP contribution in [-0.4, -0.2) is 15.5 Å². The van der Waals surface area contributed by atoms with Gasteiger partial charge in [0.15, 0.2) is 0 Å². The van der Waals surface area contributed by atoms with Crippen molar-refractivity contribution in [2.24, 2.45) is 5.73 Å². The maximum absolute atomic E-state index is 12.5. The quantitative estimate of drug-likeness (QED) is 0.872. The number of methoxy groups -OCH3 is 1. The molecule has 2 aromatic rings. The topological polar surface area (TPSA) is 81.4 Å². The van der Waals surface area contributed by atoms with Crippen LogP contribution in [0, 0.1) is 6.92 Å². The smallest absolute Gasteiger partial charge is 0.263 e. The Bertz CT molecular complexity index is 757. The minimum absolute atomic E-state index is 0.171. The van der Waals surface area contributed by atoms with Crippen LogP contribution in [0.4, 0.5) is 5.69 Å². The normalized spacial score (nSPS) is 11.4. The molecule has 0 bridgehead atoms. The molecule has 5 nitrogen and oxygen atoms in total.